The maximum atomic E-state index is 11.3. The number of phenols is 1. The zero-order chi connectivity index (χ0) is 12.7. The van der Waals surface area contributed by atoms with Gasteiger partial charge in [0.1, 0.15) is 0 Å². The van der Waals surface area contributed by atoms with Crippen molar-refractivity contribution in [1.82, 2.24) is 5.32 Å². The van der Waals surface area contributed by atoms with Gasteiger partial charge in [0, 0.05) is 6.54 Å². The van der Waals surface area contributed by atoms with Gasteiger partial charge in [-0.3, -0.25) is 4.79 Å². The maximum absolute atomic E-state index is 11.3. The first-order valence-electron chi connectivity index (χ1n) is 5.49. The summed E-state index contributed by atoms with van der Waals surface area (Å²) in [6.07, 6.45) is 0.0460. The lowest BCUT2D eigenvalue weighted by molar-refractivity contribution is -0.123. The minimum atomic E-state index is -0.538. The minimum absolute atomic E-state index is 0.00565. The molecule has 1 aromatic carbocycles. The first-order valence-corrected chi connectivity index (χ1v) is 5.49. The Balaban J connectivity index is 2.31. The van der Waals surface area contributed by atoms with Crippen LogP contribution in [0.15, 0.2) is 24.3 Å². The Labute approximate surface area is 100 Å². The van der Waals surface area contributed by atoms with Crippen molar-refractivity contribution in [2.24, 2.45) is 0 Å². The van der Waals surface area contributed by atoms with Gasteiger partial charge < -0.3 is 20.3 Å². The number of ether oxygens (including phenoxy) is 1. The Morgan fingerprint density at radius 2 is 2.18 bits per heavy atom. The van der Waals surface area contributed by atoms with E-state index in [4.69, 9.17) is 4.74 Å². The van der Waals surface area contributed by atoms with Gasteiger partial charge in [-0.1, -0.05) is 19.1 Å². The van der Waals surface area contributed by atoms with E-state index < -0.39 is 6.10 Å². The van der Waals surface area contributed by atoms with Crippen LogP contribution in [0.25, 0.3) is 0 Å². The molecule has 1 amide bonds. The number of rotatable bonds is 6. The molecule has 3 N–H and O–H groups in total. The number of amides is 1. The van der Waals surface area contributed by atoms with Crippen molar-refractivity contribution in [2.75, 3.05) is 13.2 Å². The first kappa shape index (κ1) is 13.3. The number of aliphatic hydroxyl groups is 1. The molecule has 17 heavy (non-hydrogen) atoms. The Morgan fingerprint density at radius 3 is 2.82 bits per heavy atom. The Morgan fingerprint density at radius 1 is 1.47 bits per heavy atom. The number of para-hydroxylation sites is 2. The van der Waals surface area contributed by atoms with Gasteiger partial charge in [0.15, 0.2) is 18.1 Å². The largest absolute Gasteiger partial charge is 0.504 e. The molecule has 0 saturated heterocycles. The molecule has 1 atom stereocenters. The van der Waals surface area contributed by atoms with Gasteiger partial charge in [0.05, 0.1) is 6.10 Å². The smallest absolute Gasteiger partial charge is 0.258 e. The van der Waals surface area contributed by atoms with E-state index in [0.717, 1.165) is 0 Å². The third-order valence-corrected chi connectivity index (χ3v) is 2.23. The van der Waals surface area contributed by atoms with Crippen molar-refractivity contribution in [2.45, 2.75) is 19.4 Å². The van der Waals surface area contributed by atoms with Crippen LogP contribution in [0.1, 0.15) is 13.3 Å². The fourth-order valence-electron chi connectivity index (χ4n) is 1.15. The van der Waals surface area contributed by atoms with Crippen LogP contribution >= 0.6 is 0 Å². The summed E-state index contributed by atoms with van der Waals surface area (Å²) >= 11 is 0. The highest BCUT2D eigenvalue weighted by atomic mass is 16.5. The van der Waals surface area contributed by atoms with Gasteiger partial charge >= 0.3 is 0 Å². The Bertz CT molecular complexity index is 367. The monoisotopic (exact) mass is 239 g/mol. The van der Waals surface area contributed by atoms with Crippen molar-refractivity contribution in [3.8, 4) is 11.5 Å². The molecule has 0 bridgehead atoms. The minimum Gasteiger partial charge on any atom is -0.504 e. The average Bonchev–Trinajstić information content (AvgIpc) is 2.35. The number of aromatic hydroxyl groups is 1. The van der Waals surface area contributed by atoms with Gasteiger partial charge in [-0.2, -0.15) is 0 Å². The molecular weight excluding hydrogens is 222 g/mol. The quantitative estimate of drug-likeness (QED) is 0.681. The molecule has 0 heterocycles. The second-order valence-corrected chi connectivity index (χ2v) is 3.62. The van der Waals surface area contributed by atoms with Crippen molar-refractivity contribution in [3.05, 3.63) is 24.3 Å². The molecule has 1 aromatic rings. The maximum Gasteiger partial charge on any atom is 0.258 e. The zero-order valence-corrected chi connectivity index (χ0v) is 9.72. The zero-order valence-electron chi connectivity index (χ0n) is 9.72. The number of carbonyl (C=O) groups is 1. The summed E-state index contributed by atoms with van der Waals surface area (Å²) in [5.74, 6) is -0.0756. The van der Waals surface area contributed by atoms with Crippen LogP contribution in [0.2, 0.25) is 0 Å². The number of nitrogens with one attached hydrogen (secondary N) is 1. The summed E-state index contributed by atoms with van der Waals surface area (Å²) in [5.41, 5.74) is 0. The molecule has 1 rings (SSSR count). The summed E-state index contributed by atoms with van der Waals surface area (Å²) in [5, 5.41) is 21.2. The molecule has 0 radical (unpaired) electrons. The Kier molecular flexibility index (Phi) is 5.29. The van der Waals surface area contributed by atoms with Gasteiger partial charge in [0.2, 0.25) is 0 Å². The third kappa shape index (κ3) is 4.74. The molecule has 0 aromatic heterocycles. The van der Waals surface area contributed by atoms with Crippen LogP contribution in [-0.4, -0.2) is 35.4 Å². The average molecular weight is 239 g/mol. The topological polar surface area (TPSA) is 78.8 Å². The van der Waals surface area contributed by atoms with Crippen molar-refractivity contribution in [3.63, 3.8) is 0 Å². The normalized spacial score (nSPS) is 11.9. The van der Waals surface area contributed by atoms with E-state index >= 15 is 0 Å². The van der Waals surface area contributed by atoms with Gasteiger partial charge in [0.25, 0.3) is 5.91 Å². The summed E-state index contributed by atoms with van der Waals surface area (Å²) in [6.45, 7) is 1.85. The molecule has 0 fully saturated rings. The Hall–Kier alpha value is -1.75. The van der Waals surface area contributed by atoms with E-state index in [2.05, 4.69) is 5.32 Å². The molecule has 5 nitrogen and oxygen atoms in total. The second-order valence-electron chi connectivity index (χ2n) is 3.62. The predicted molar refractivity (Wildman–Crippen MR) is 62.9 cm³/mol. The van der Waals surface area contributed by atoms with Crippen molar-refractivity contribution in [1.29, 1.82) is 0 Å². The lowest BCUT2D eigenvalue weighted by Crippen LogP contribution is -2.35. The summed E-state index contributed by atoms with van der Waals surface area (Å²) < 4.78 is 5.12. The highest BCUT2D eigenvalue weighted by molar-refractivity contribution is 5.77. The molecule has 0 spiro atoms. The molecular formula is C12H17NO4. The number of hydrogen-bond acceptors (Lipinski definition) is 4. The molecule has 0 aliphatic heterocycles. The van der Waals surface area contributed by atoms with Crippen LogP contribution < -0.4 is 10.1 Å². The van der Waals surface area contributed by atoms with E-state index in [1.165, 1.54) is 6.07 Å². The van der Waals surface area contributed by atoms with E-state index in [1.54, 1.807) is 18.2 Å². The third-order valence-electron chi connectivity index (χ3n) is 2.23. The van der Waals surface area contributed by atoms with Crippen LogP contribution in [0.5, 0.6) is 11.5 Å². The van der Waals surface area contributed by atoms with E-state index in [-0.39, 0.29) is 30.6 Å². The van der Waals surface area contributed by atoms with Gasteiger partial charge in [-0.25, -0.2) is 0 Å². The summed E-state index contributed by atoms with van der Waals surface area (Å²) in [6, 6.07) is 6.42. The fourth-order valence-corrected chi connectivity index (χ4v) is 1.15. The van der Waals surface area contributed by atoms with E-state index in [1.807, 2.05) is 6.92 Å². The van der Waals surface area contributed by atoms with E-state index in [9.17, 15) is 15.0 Å². The molecule has 0 aliphatic rings. The summed E-state index contributed by atoms with van der Waals surface area (Å²) in [4.78, 5) is 11.3. The highest BCUT2D eigenvalue weighted by Crippen LogP contribution is 2.23. The number of phenolic OH excluding ortho intramolecular Hbond substituents is 1. The molecule has 5 heteroatoms. The second kappa shape index (κ2) is 6.75. The van der Waals surface area contributed by atoms with Crippen LogP contribution in [-0.2, 0) is 4.79 Å². The molecule has 94 valence electrons. The molecule has 0 aliphatic carbocycles. The number of benzene rings is 1. The number of hydrogen-bond donors (Lipinski definition) is 3. The first-order chi connectivity index (χ1) is 8.13. The SMILES string of the molecule is CCC(O)CNC(=O)COc1ccccc1O. The van der Waals surface area contributed by atoms with E-state index in [0.29, 0.717) is 6.42 Å². The molecule has 1 unspecified atom stereocenters. The van der Waals surface area contributed by atoms with Gasteiger partial charge in [-0.15, -0.1) is 0 Å². The molecule has 0 saturated carbocycles. The standard InChI is InChI=1S/C12H17NO4/c1-2-9(14)7-13-12(16)8-17-11-6-4-3-5-10(11)15/h3-6,9,14-15H,2,7-8H2,1H3,(H,13,16). The van der Waals surface area contributed by atoms with Crippen molar-refractivity contribution >= 4 is 5.91 Å². The number of aliphatic hydroxyl groups excluding tert-OH is 1. The fraction of sp³-hybridized carbons (Fsp3) is 0.417. The summed E-state index contributed by atoms with van der Waals surface area (Å²) in [7, 11) is 0. The van der Waals surface area contributed by atoms with Crippen LogP contribution in [0.4, 0.5) is 0 Å². The number of carbonyl (C=O) groups excluding carboxylic acids is 1. The van der Waals surface area contributed by atoms with Crippen LogP contribution in [0.3, 0.4) is 0 Å². The lowest BCUT2D eigenvalue weighted by Gasteiger charge is -2.10. The van der Waals surface area contributed by atoms with Gasteiger partial charge in [-0.05, 0) is 18.6 Å². The predicted octanol–water partition coefficient (Wildman–Crippen LogP) is 0.658. The lowest BCUT2D eigenvalue weighted by atomic mass is 10.3. The van der Waals surface area contributed by atoms with Crippen LogP contribution in [0, 0.1) is 0 Å². The highest BCUT2D eigenvalue weighted by Gasteiger charge is 2.07. The van der Waals surface area contributed by atoms with Crippen molar-refractivity contribution < 1.29 is 19.7 Å².